The van der Waals surface area contributed by atoms with Crippen molar-refractivity contribution in [3.63, 3.8) is 0 Å². The Morgan fingerprint density at radius 3 is 2.05 bits per heavy atom. The minimum absolute atomic E-state index is 0.111. The van der Waals surface area contributed by atoms with E-state index in [0.29, 0.717) is 13.1 Å². The van der Waals surface area contributed by atoms with E-state index in [9.17, 15) is 9.59 Å². The molecule has 0 radical (unpaired) electrons. The van der Waals surface area contributed by atoms with Crippen molar-refractivity contribution < 1.29 is 9.59 Å². The first-order chi connectivity index (χ1) is 9.09. The molecule has 0 aromatic heterocycles. The third kappa shape index (κ3) is 7.36. The zero-order valence-electron chi connectivity index (χ0n) is 13.4. The molecule has 3 amide bonds. The fraction of sp³-hybridized carbons (Fsp3) is 0.867. The van der Waals surface area contributed by atoms with Crippen LogP contribution in [-0.4, -0.2) is 30.6 Å². The highest BCUT2D eigenvalue weighted by atomic mass is 16.2. The van der Waals surface area contributed by atoms with E-state index >= 15 is 0 Å². The van der Waals surface area contributed by atoms with Gasteiger partial charge in [0.1, 0.15) is 0 Å². The van der Waals surface area contributed by atoms with Gasteiger partial charge in [0.25, 0.3) is 0 Å². The van der Waals surface area contributed by atoms with Crippen molar-refractivity contribution >= 4 is 11.9 Å². The second-order valence-electron chi connectivity index (χ2n) is 7.57. The van der Waals surface area contributed by atoms with Gasteiger partial charge in [-0.15, -0.1) is 0 Å². The maximum Gasteiger partial charge on any atom is 0.315 e. The van der Waals surface area contributed by atoms with Gasteiger partial charge in [-0.05, 0) is 38.5 Å². The minimum Gasteiger partial charge on any atom is -0.354 e. The topological polar surface area (TPSA) is 70.2 Å². The molecule has 0 heterocycles. The maximum atomic E-state index is 11.8. The highest BCUT2D eigenvalue weighted by Gasteiger charge is 2.29. The first kappa shape index (κ1) is 16.8. The van der Waals surface area contributed by atoms with Gasteiger partial charge in [-0.1, -0.05) is 20.8 Å². The molecular formula is C15H29N3O2. The lowest BCUT2D eigenvalue weighted by molar-refractivity contribution is -0.122. The fourth-order valence-corrected chi connectivity index (χ4v) is 2.57. The molecular weight excluding hydrogens is 254 g/mol. The Balaban J connectivity index is 2.17. The summed E-state index contributed by atoms with van der Waals surface area (Å²) in [4.78, 5) is 23.2. The average molecular weight is 283 g/mol. The standard InChI is InChI=1S/C15H29N3O2/c1-14(2,3)10-15(4,5)18-13(20)17-9-8-16-12(19)11-6-7-11/h11H,6-10H2,1-5H3,(H,16,19)(H2,17,18,20). The lowest BCUT2D eigenvalue weighted by atomic mass is 9.82. The van der Waals surface area contributed by atoms with E-state index in [2.05, 4.69) is 36.7 Å². The van der Waals surface area contributed by atoms with E-state index < -0.39 is 0 Å². The molecule has 1 aliphatic carbocycles. The van der Waals surface area contributed by atoms with Gasteiger partial charge in [0.2, 0.25) is 5.91 Å². The smallest absolute Gasteiger partial charge is 0.315 e. The van der Waals surface area contributed by atoms with E-state index in [4.69, 9.17) is 0 Å². The van der Waals surface area contributed by atoms with Crippen LogP contribution >= 0.6 is 0 Å². The van der Waals surface area contributed by atoms with Crippen molar-refractivity contribution in [3.05, 3.63) is 0 Å². The highest BCUT2D eigenvalue weighted by molar-refractivity contribution is 5.80. The van der Waals surface area contributed by atoms with Gasteiger partial charge in [-0.2, -0.15) is 0 Å². The number of carbonyl (C=O) groups is 2. The molecule has 0 aromatic carbocycles. The van der Waals surface area contributed by atoms with Crippen LogP contribution in [0, 0.1) is 11.3 Å². The van der Waals surface area contributed by atoms with Gasteiger partial charge in [0.15, 0.2) is 0 Å². The van der Waals surface area contributed by atoms with Crippen LogP contribution < -0.4 is 16.0 Å². The summed E-state index contributed by atoms with van der Waals surface area (Å²) in [5.41, 5.74) is -0.0887. The zero-order valence-corrected chi connectivity index (χ0v) is 13.4. The summed E-state index contributed by atoms with van der Waals surface area (Å²) in [5, 5.41) is 8.57. The molecule has 3 N–H and O–H groups in total. The monoisotopic (exact) mass is 283 g/mol. The Bertz CT molecular complexity index is 355. The zero-order chi connectivity index (χ0) is 15.4. The molecule has 1 aliphatic rings. The second-order valence-corrected chi connectivity index (χ2v) is 7.57. The van der Waals surface area contributed by atoms with Crippen LogP contribution in [0.3, 0.4) is 0 Å². The third-order valence-electron chi connectivity index (χ3n) is 3.08. The molecule has 0 saturated heterocycles. The fourth-order valence-electron chi connectivity index (χ4n) is 2.57. The molecule has 0 bridgehead atoms. The molecule has 0 spiro atoms. The number of hydrogen-bond donors (Lipinski definition) is 3. The molecule has 1 fully saturated rings. The maximum absolute atomic E-state index is 11.8. The summed E-state index contributed by atoms with van der Waals surface area (Å²) in [7, 11) is 0. The summed E-state index contributed by atoms with van der Waals surface area (Å²) < 4.78 is 0. The number of nitrogens with one attached hydrogen (secondary N) is 3. The predicted molar refractivity (Wildman–Crippen MR) is 80.4 cm³/mol. The van der Waals surface area contributed by atoms with Crippen molar-refractivity contribution in [2.45, 2.75) is 59.4 Å². The van der Waals surface area contributed by atoms with Crippen molar-refractivity contribution in [1.82, 2.24) is 16.0 Å². The summed E-state index contributed by atoms with van der Waals surface area (Å²) in [6, 6.07) is -0.181. The number of amides is 3. The Hall–Kier alpha value is -1.26. The summed E-state index contributed by atoms with van der Waals surface area (Å²) in [6.45, 7) is 11.4. The molecule has 116 valence electrons. The van der Waals surface area contributed by atoms with E-state index in [1.807, 2.05) is 13.8 Å². The molecule has 0 atom stereocenters. The molecule has 20 heavy (non-hydrogen) atoms. The first-order valence-corrected chi connectivity index (χ1v) is 7.43. The largest absolute Gasteiger partial charge is 0.354 e. The van der Waals surface area contributed by atoms with Crippen LogP contribution in [0.2, 0.25) is 0 Å². The number of urea groups is 1. The number of rotatable bonds is 6. The Morgan fingerprint density at radius 2 is 1.55 bits per heavy atom. The molecule has 0 aliphatic heterocycles. The van der Waals surface area contributed by atoms with Gasteiger partial charge >= 0.3 is 6.03 Å². The van der Waals surface area contributed by atoms with Crippen molar-refractivity contribution in [3.8, 4) is 0 Å². The number of hydrogen-bond acceptors (Lipinski definition) is 2. The Labute approximate surface area is 122 Å². The van der Waals surface area contributed by atoms with Crippen LogP contribution in [0.4, 0.5) is 4.79 Å². The SMILES string of the molecule is CC(C)(C)CC(C)(C)NC(=O)NCCNC(=O)C1CC1. The first-order valence-electron chi connectivity index (χ1n) is 7.43. The lowest BCUT2D eigenvalue weighted by Gasteiger charge is -2.33. The van der Waals surface area contributed by atoms with Crippen molar-refractivity contribution in [2.75, 3.05) is 13.1 Å². The van der Waals surface area contributed by atoms with E-state index in [1.54, 1.807) is 0 Å². The molecule has 0 aromatic rings. The Morgan fingerprint density at radius 1 is 1.00 bits per heavy atom. The van der Waals surface area contributed by atoms with Crippen LogP contribution in [0.5, 0.6) is 0 Å². The molecule has 1 rings (SSSR count). The van der Waals surface area contributed by atoms with E-state index in [-0.39, 0.29) is 28.8 Å². The number of carbonyl (C=O) groups excluding carboxylic acids is 2. The summed E-state index contributed by atoms with van der Waals surface area (Å²) in [5.74, 6) is 0.329. The predicted octanol–water partition coefficient (Wildman–Crippen LogP) is 2.03. The van der Waals surface area contributed by atoms with Gasteiger partial charge < -0.3 is 16.0 Å². The van der Waals surface area contributed by atoms with Gasteiger partial charge in [-0.3, -0.25) is 4.79 Å². The van der Waals surface area contributed by atoms with Crippen molar-refractivity contribution in [1.29, 1.82) is 0 Å². The highest BCUT2D eigenvalue weighted by Crippen LogP contribution is 2.28. The van der Waals surface area contributed by atoms with Gasteiger partial charge in [-0.25, -0.2) is 4.79 Å². The van der Waals surface area contributed by atoms with E-state index in [0.717, 1.165) is 19.3 Å². The van der Waals surface area contributed by atoms with Crippen LogP contribution in [-0.2, 0) is 4.79 Å². The minimum atomic E-state index is -0.250. The van der Waals surface area contributed by atoms with Crippen LogP contribution in [0.1, 0.15) is 53.9 Å². The molecule has 5 nitrogen and oxygen atoms in total. The average Bonchev–Trinajstić information content (AvgIpc) is 3.02. The summed E-state index contributed by atoms with van der Waals surface area (Å²) in [6.07, 6.45) is 2.90. The van der Waals surface area contributed by atoms with Crippen LogP contribution in [0.15, 0.2) is 0 Å². The summed E-state index contributed by atoms with van der Waals surface area (Å²) >= 11 is 0. The third-order valence-corrected chi connectivity index (χ3v) is 3.08. The molecule has 5 heteroatoms. The second kappa shape index (κ2) is 6.46. The lowest BCUT2D eigenvalue weighted by Crippen LogP contribution is -2.51. The van der Waals surface area contributed by atoms with Gasteiger partial charge in [0.05, 0.1) is 0 Å². The quantitative estimate of drug-likeness (QED) is 0.653. The normalized spacial score (nSPS) is 15.7. The van der Waals surface area contributed by atoms with Crippen LogP contribution in [0.25, 0.3) is 0 Å². The van der Waals surface area contributed by atoms with Crippen molar-refractivity contribution in [2.24, 2.45) is 11.3 Å². The molecule has 0 unspecified atom stereocenters. The Kier molecular flexibility index (Phi) is 5.42. The van der Waals surface area contributed by atoms with Gasteiger partial charge in [0, 0.05) is 24.5 Å². The molecule has 1 saturated carbocycles. The van der Waals surface area contributed by atoms with E-state index in [1.165, 1.54) is 0 Å².